The maximum atomic E-state index is 13.3. The number of carbonyl (C=O) groups is 1. The quantitative estimate of drug-likeness (QED) is 0.164. The summed E-state index contributed by atoms with van der Waals surface area (Å²) in [7, 11) is 1.46. The summed E-state index contributed by atoms with van der Waals surface area (Å²) in [6.07, 6.45) is 5.61. The smallest absolute Gasteiger partial charge is 0.273 e. The average Bonchev–Trinajstić information content (AvgIpc) is 3.55. The van der Waals surface area contributed by atoms with Gasteiger partial charge in [0.15, 0.2) is 0 Å². The van der Waals surface area contributed by atoms with E-state index in [4.69, 9.17) is 9.15 Å². The molecule has 2 aromatic heterocycles. The number of aryl methyl sites for hydroxylation is 1. The molecule has 0 atom stereocenters. The van der Waals surface area contributed by atoms with Crippen LogP contribution in [0.2, 0.25) is 0 Å². The van der Waals surface area contributed by atoms with Crippen molar-refractivity contribution < 1.29 is 18.9 Å². The predicted octanol–water partition coefficient (Wildman–Crippen LogP) is 6.48. The topological polar surface area (TPSA) is 107 Å². The zero-order valence-corrected chi connectivity index (χ0v) is 21.0. The molecular weight excluding hydrogens is 490 g/mol. The molecular formula is C28H25N3O5S. The minimum Gasteiger partial charge on any atom is -0.496 e. The van der Waals surface area contributed by atoms with Crippen LogP contribution in [0, 0.1) is 10.1 Å². The number of carbonyl (C=O) groups excluding carboxylic acids is 1. The number of amides is 1. The lowest BCUT2D eigenvalue weighted by Crippen LogP contribution is -2.24. The Morgan fingerprint density at radius 3 is 2.76 bits per heavy atom. The lowest BCUT2D eigenvalue weighted by atomic mass is 9.95. The van der Waals surface area contributed by atoms with Crippen molar-refractivity contribution in [3.05, 3.63) is 98.1 Å². The minimum atomic E-state index is -0.471. The number of furan rings is 1. The van der Waals surface area contributed by atoms with E-state index in [1.807, 2.05) is 30.3 Å². The molecule has 0 bridgehead atoms. The van der Waals surface area contributed by atoms with E-state index in [-0.39, 0.29) is 11.6 Å². The first kappa shape index (κ1) is 24.5. The lowest BCUT2D eigenvalue weighted by Gasteiger charge is -2.12. The predicted molar refractivity (Wildman–Crippen MR) is 143 cm³/mol. The molecule has 1 amide bonds. The normalized spacial score (nSPS) is 12.9. The van der Waals surface area contributed by atoms with Crippen LogP contribution in [0.25, 0.3) is 11.3 Å². The van der Waals surface area contributed by atoms with Gasteiger partial charge in [0, 0.05) is 17.5 Å². The summed E-state index contributed by atoms with van der Waals surface area (Å²) < 4.78 is 11.3. The molecule has 9 heteroatoms. The van der Waals surface area contributed by atoms with Crippen LogP contribution in [0.4, 0.5) is 10.7 Å². The van der Waals surface area contributed by atoms with Crippen LogP contribution in [0.3, 0.4) is 0 Å². The van der Waals surface area contributed by atoms with Crippen LogP contribution in [0.15, 0.2) is 70.1 Å². The van der Waals surface area contributed by atoms with Crippen molar-refractivity contribution in [1.29, 1.82) is 0 Å². The van der Waals surface area contributed by atoms with Crippen molar-refractivity contribution >= 4 is 34.1 Å². The highest BCUT2D eigenvalue weighted by Gasteiger charge is 2.25. The van der Waals surface area contributed by atoms with Crippen molar-refractivity contribution in [2.45, 2.75) is 32.2 Å². The molecule has 37 heavy (non-hydrogen) atoms. The second kappa shape index (κ2) is 10.8. The SMILES string of the molecule is COc1cc([N+](=O)[O-])ccc1-c1ccc(C=Nc2sc3c(c2C(=O)NCc2ccccc2)CCCC3)o1. The van der Waals surface area contributed by atoms with Gasteiger partial charge in [-0.25, -0.2) is 4.99 Å². The number of nitro benzene ring substituents is 1. The number of aliphatic imine (C=N–C) groups is 1. The Labute approximate surface area is 217 Å². The van der Waals surface area contributed by atoms with Crippen molar-refractivity contribution in [3.8, 4) is 17.1 Å². The van der Waals surface area contributed by atoms with Crippen molar-refractivity contribution in [2.75, 3.05) is 7.11 Å². The van der Waals surface area contributed by atoms with Crippen molar-refractivity contribution in [3.63, 3.8) is 0 Å². The molecule has 0 unspecified atom stereocenters. The maximum Gasteiger partial charge on any atom is 0.273 e. The highest BCUT2D eigenvalue weighted by atomic mass is 32.1. The summed E-state index contributed by atoms with van der Waals surface area (Å²) >= 11 is 1.56. The minimum absolute atomic E-state index is 0.0614. The van der Waals surface area contributed by atoms with Crippen molar-refractivity contribution in [1.82, 2.24) is 5.32 Å². The Kier molecular flexibility index (Phi) is 7.14. The summed E-state index contributed by atoms with van der Waals surface area (Å²) in [5.74, 6) is 1.22. The van der Waals surface area contributed by atoms with Gasteiger partial charge in [-0.1, -0.05) is 30.3 Å². The number of methoxy groups -OCH3 is 1. The zero-order chi connectivity index (χ0) is 25.8. The first-order valence-electron chi connectivity index (χ1n) is 12.0. The van der Waals surface area contributed by atoms with E-state index in [0.717, 1.165) is 36.8 Å². The largest absolute Gasteiger partial charge is 0.496 e. The second-order valence-corrected chi connectivity index (χ2v) is 9.74. The van der Waals surface area contributed by atoms with Crippen LogP contribution in [0.1, 0.15) is 45.0 Å². The molecule has 2 heterocycles. The van der Waals surface area contributed by atoms with Gasteiger partial charge in [-0.05, 0) is 55.0 Å². The Morgan fingerprint density at radius 2 is 1.97 bits per heavy atom. The fraction of sp³-hybridized carbons (Fsp3) is 0.214. The fourth-order valence-corrected chi connectivity index (χ4v) is 5.66. The second-order valence-electron chi connectivity index (χ2n) is 8.66. The van der Waals surface area contributed by atoms with E-state index in [1.54, 1.807) is 35.8 Å². The Bertz CT molecular complexity index is 1470. The van der Waals surface area contributed by atoms with Gasteiger partial charge in [0.1, 0.15) is 22.3 Å². The van der Waals surface area contributed by atoms with Gasteiger partial charge >= 0.3 is 0 Å². The van der Waals surface area contributed by atoms with E-state index in [1.165, 1.54) is 24.1 Å². The number of fused-ring (bicyclic) bond motifs is 1. The first-order chi connectivity index (χ1) is 18.0. The molecule has 1 N–H and O–H groups in total. The van der Waals surface area contributed by atoms with E-state index in [2.05, 4.69) is 10.3 Å². The highest BCUT2D eigenvalue weighted by Crippen LogP contribution is 2.40. The van der Waals surface area contributed by atoms with Gasteiger partial charge in [-0.2, -0.15) is 0 Å². The molecule has 5 rings (SSSR count). The Morgan fingerprint density at radius 1 is 1.16 bits per heavy atom. The number of nitro groups is 1. The molecule has 8 nitrogen and oxygen atoms in total. The van der Waals surface area contributed by atoms with Gasteiger partial charge < -0.3 is 14.5 Å². The molecule has 0 fully saturated rings. The summed E-state index contributed by atoms with van der Waals surface area (Å²) in [5, 5.41) is 14.8. The summed E-state index contributed by atoms with van der Waals surface area (Å²) in [5.41, 5.74) is 3.32. The third-order valence-electron chi connectivity index (χ3n) is 6.27. The van der Waals surface area contributed by atoms with Crippen LogP contribution in [-0.2, 0) is 19.4 Å². The number of hydrogen-bond donors (Lipinski definition) is 1. The standard InChI is InChI=1S/C28H25N3O5S/c1-35-24-15-19(31(33)34)11-13-21(24)23-14-12-20(36-23)17-30-28-26(22-9-5-6-10-25(22)37-28)27(32)29-16-18-7-3-2-4-8-18/h2-4,7-8,11-15,17H,5-6,9-10,16H2,1H3,(H,29,32). The van der Waals surface area contributed by atoms with Crippen LogP contribution < -0.4 is 10.1 Å². The molecule has 2 aromatic carbocycles. The number of non-ortho nitro benzene ring substituents is 1. The first-order valence-corrected chi connectivity index (χ1v) is 12.8. The van der Waals surface area contributed by atoms with E-state index in [9.17, 15) is 14.9 Å². The Balaban J connectivity index is 1.40. The van der Waals surface area contributed by atoms with Gasteiger partial charge in [0.25, 0.3) is 11.6 Å². The molecule has 0 aliphatic heterocycles. The van der Waals surface area contributed by atoms with Crippen LogP contribution in [-0.4, -0.2) is 24.2 Å². The molecule has 1 aliphatic rings. The number of thiophene rings is 1. The number of nitrogens with one attached hydrogen (secondary N) is 1. The van der Waals surface area contributed by atoms with Gasteiger partial charge in [-0.3, -0.25) is 14.9 Å². The molecule has 0 saturated carbocycles. The van der Waals surface area contributed by atoms with Gasteiger partial charge in [0.05, 0.1) is 35.4 Å². The molecule has 0 spiro atoms. The maximum absolute atomic E-state index is 13.3. The molecule has 0 saturated heterocycles. The van der Waals surface area contributed by atoms with Gasteiger partial charge in [0.2, 0.25) is 0 Å². The van der Waals surface area contributed by atoms with Crippen LogP contribution >= 0.6 is 11.3 Å². The molecule has 4 aromatic rings. The highest BCUT2D eigenvalue weighted by molar-refractivity contribution is 7.16. The monoisotopic (exact) mass is 515 g/mol. The van der Waals surface area contributed by atoms with E-state index in [0.29, 0.717) is 39.9 Å². The fourth-order valence-electron chi connectivity index (χ4n) is 4.43. The number of nitrogens with zero attached hydrogens (tertiary/aromatic N) is 2. The third-order valence-corrected chi connectivity index (χ3v) is 7.47. The average molecular weight is 516 g/mol. The summed E-state index contributed by atoms with van der Waals surface area (Å²) in [6, 6.07) is 17.7. The molecule has 1 aliphatic carbocycles. The zero-order valence-electron chi connectivity index (χ0n) is 20.2. The van der Waals surface area contributed by atoms with E-state index < -0.39 is 4.92 Å². The Hall–Kier alpha value is -4.24. The summed E-state index contributed by atoms with van der Waals surface area (Å²) in [4.78, 5) is 29.8. The van der Waals surface area contributed by atoms with Crippen LogP contribution in [0.5, 0.6) is 5.75 Å². The number of hydrogen-bond acceptors (Lipinski definition) is 7. The number of benzene rings is 2. The lowest BCUT2D eigenvalue weighted by molar-refractivity contribution is -0.384. The molecule has 188 valence electrons. The summed E-state index contributed by atoms with van der Waals surface area (Å²) in [6.45, 7) is 0.450. The third kappa shape index (κ3) is 5.31. The number of rotatable bonds is 8. The number of ether oxygens (including phenoxy) is 1. The van der Waals surface area contributed by atoms with E-state index >= 15 is 0 Å². The van der Waals surface area contributed by atoms with Gasteiger partial charge in [-0.15, -0.1) is 11.3 Å². The van der Waals surface area contributed by atoms with Crippen molar-refractivity contribution in [2.24, 2.45) is 4.99 Å². The molecule has 0 radical (unpaired) electrons.